The van der Waals surface area contributed by atoms with Gasteiger partial charge in [-0.25, -0.2) is 0 Å². The number of carbonyl (C=O) groups excluding carboxylic acids is 1. The standard InChI is InChI=1S/C12H15NO2/c14-11-4-2-1-3-9(11)7-12(15)10-5-6-13-8-10/h1-4,10,13-14H,5-8H2. The first-order valence-corrected chi connectivity index (χ1v) is 5.27. The average Bonchev–Trinajstić information content (AvgIpc) is 2.74. The molecule has 3 heteroatoms. The first-order chi connectivity index (χ1) is 7.27. The molecule has 1 aliphatic rings. The summed E-state index contributed by atoms with van der Waals surface area (Å²) < 4.78 is 0. The van der Waals surface area contributed by atoms with Crippen LogP contribution >= 0.6 is 0 Å². The van der Waals surface area contributed by atoms with E-state index in [0.717, 1.165) is 25.1 Å². The summed E-state index contributed by atoms with van der Waals surface area (Å²) in [5.41, 5.74) is 0.731. The summed E-state index contributed by atoms with van der Waals surface area (Å²) in [5, 5.41) is 12.7. The third-order valence-corrected chi connectivity index (χ3v) is 2.87. The quantitative estimate of drug-likeness (QED) is 0.777. The molecule has 2 rings (SSSR count). The monoisotopic (exact) mass is 205 g/mol. The van der Waals surface area contributed by atoms with Crippen molar-refractivity contribution in [2.75, 3.05) is 13.1 Å². The molecule has 0 spiro atoms. The molecule has 0 radical (unpaired) electrons. The van der Waals surface area contributed by atoms with Crippen molar-refractivity contribution in [1.82, 2.24) is 5.32 Å². The van der Waals surface area contributed by atoms with E-state index in [-0.39, 0.29) is 17.5 Å². The Morgan fingerprint density at radius 1 is 1.47 bits per heavy atom. The van der Waals surface area contributed by atoms with Gasteiger partial charge in [0.2, 0.25) is 0 Å². The number of ketones is 1. The van der Waals surface area contributed by atoms with Crippen molar-refractivity contribution in [1.29, 1.82) is 0 Å². The summed E-state index contributed by atoms with van der Waals surface area (Å²) in [7, 11) is 0. The maximum atomic E-state index is 11.8. The van der Waals surface area contributed by atoms with Gasteiger partial charge in [-0.05, 0) is 19.0 Å². The van der Waals surface area contributed by atoms with Crippen molar-refractivity contribution in [2.45, 2.75) is 12.8 Å². The zero-order chi connectivity index (χ0) is 10.7. The van der Waals surface area contributed by atoms with Gasteiger partial charge in [0.05, 0.1) is 0 Å². The van der Waals surface area contributed by atoms with Crippen molar-refractivity contribution in [3.63, 3.8) is 0 Å². The highest BCUT2D eigenvalue weighted by Crippen LogP contribution is 2.19. The summed E-state index contributed by atoms with van der Waals surface area (Å²) >= 11 is 0. The van der Waals surface area contributed by atoms with Crippen LogP contribution in [-0.4, -0.2) is 24.0 Å². The van der Waals surface area contributed by atoms with E-state index < -0.39 is 0 Å². The maximum absolute atomic E-state index is 11.8. The number of Topliss-reactive ketones (excluding diaryl/α,β-unsaturated/α-hetero) is 1. The van der Waals surface area contributed by atoms with E-state index in [1.54, 1.807) is 18.2 Å². The highest BCUT2D eigenvalue weighted by molar-refractivity contribution is 5.84. The van der Waals surface area contributed by atoms with E-state index in [1.165, 1.54) is 0 Å². The Hall–Kier alpha value is -1.35. The predicted molar refractivity (Wildman–Crippen MR) is 57.8 cm³/mol. The first kappa shape index (κ1) is 10.2. The number of aromatic hydroxyl groups is 1. The summed E-state index contributed by atoms with van der Waals surface area (Å²) in [6.07, 6.45) is 1.27. The van der Waals surface area contributed by atoms with E-state index in [0.29, 0.717) is 6.42 Å². The molecule has 0 saturated carbocycles. The molecule has 0 aliphatic carbocycles. The lowest BCUT2D eigenvalue weighted by molar-refractivity contribution is -0.121. The number of rotatable bonds is 3. The number of benzene rings is 1. The second-order valence-electron chi connectivity index (χ2n) is 3.96. The predicted octanol–water partition coefficient (Wildman–Crippen LogP) is 1.11. The summed E-state index contributed by atoms with van der Waals surface area (Å²) in [4.78, 5) is 11.8. The molecule has 1 unspecified atom stereocenters. The molecular weight excluding hydrogens is 190 g/mol. The summed E-state index contributed by atoms with van der Waals surface area (Å²) in [6, 6.07) is 7.03. The Kier molecular flexibility index (Phi) is 3.02. The number of nitrogens with one attached hydrogen (secondary N) is 1. The van der Waals surface area contributed by atoms with Crippen LogP contribution in [0.3, 0.4) is 0 Å². The van der Waals surface area contributed by atoms with Crippen LogP contribution in [0.4, 0.5) is 0 Å². The number of phenols is 1. The van der Waals surface area contributed by atoms with Crippen LogP contribution in [0.15, 0.2) is 24.3 Å². The minimum absolute atomic E-state index is 0.129. The molecule has 1 heterocycles. The fraction of sp³-hybridized carbons (Fsp3) is 0.417. The molecular formula is C12H15NO2. The first-order valence-electron chi connectivity index (χ1n) is 5.27. The highest BCUT2D eigenvalue weighted by atomic mass is 16.3. The smallest absolute Gasteiger partial charge is 0.141 e. The van der Waals surface area contributed by atoms with E-state index in [2.05, 4.69) is 5.32 Å². The average molecular weight is 205 g/mol. The Bertz CT molecular complexity index is 356. The number of carbonyl (C=O) groups is 1. The zero-order valence-electron chi connectivity index (χ0n) is 8.57. The highest BCUT2D eigenvalue weighted by Gasteiger charge is 2.22. The van der Waals surface area contributed by atoms with Crippen LogP contribution in [0.5, 0.6) is 5.75 Å². The SMILES string of the molecule is O=C(Cc1ccccc1O)C1CCNC1. The van der Waals surface area contributed by atoms with E-state index in [4.69, 9.17) is 0 Å². The number of hydrogen-bond acceptors (Lipinski definition) is 3. The van der Waals surface area contributed by atoms with Gasteiger partial charge in [0.25, 0.3) is 0 Å². The minimum Gasteiger partial charge on any atom is -0.508 e. The van der Waals surface area contributed by atoms with Crippen molar-refractivity contribution in [3.8, 4) is 5.75 Å². The largest absolute Gasteiger partial charge is 0.508 e. The van der Waals surface area contributed by atoms with Crippen LogP contribution in [0.1, 0.15) is 12.0 Å². The number of para-hydroxylation sites is 1. The van der Waals surface area contributed by atoms with Crippen molar-refractivity contribution >= 4 is 5.78 Å². The van der Waals surface area contributed by atoms with E-state index in [1.807, 2.05) is 6.07 Å². The van der Waals surface area contributed by atoms with Crippen molar-refractivity contribution in [2.24, 2.45) is 5.92 Å². The molecule has 3 nitrogen and oxygen atoms in total. The van der Waals surface area contributed by atoms with Gasteiger partial charge in [0, 0.05) is 24.4 Å². The molecule has 0 amide bonds. The Morgan fingerprint density at radius 3 is 2.93 bits per heavy atom. The van der Waals surface area contributed by atoms with Gasteiger partial charge < -0.3 is 10.4 Å². The summed E-state index contributed by atoms with van der Waals surface area (Å²) in [6.45, 7) is 1.71. The van der Waals surface area contributed by atoms with Gasteiger partial charge in [-0.3, -0.25) is 4.79 Å². The lowest BCUT2D eigenvalue weighted by Gasteiger charge is -2.08. The van der Waals surface area contributed by atoms with Gasteiger partial charge in [0.1, 0.15) is 11.5 Å². The van der Waals surface area contributed by atoms with Crippen LogP contribution < -0.4 is 5.32 Å². The van der Waals surface area contributed by atoms with Crippen LogP contribution in [0, 0.1) is 5.92 Å². The lowest BCUT2D eigenvalue weighted by atomic mass is 9.97. The van der Waals surface area contributed by atoms with Gasteiger partial charge >= 0.3 is 0 Å². The van der Waals surface area contributed by atoms with Gasteiger partial charge in [-0.15, -0.1) is 0 Å². The molecule has 80 valence electrons. The Labute approximate surface area is 89.1 Å². The molecule has 1 aromatic rings. The maximum Gasteiger partial charge on any atom is 0.141 e. The second-order valence-corrected chi connectivity index (χ2v) is 3.96. The Morgan fingerprint density at radius 2 is 2.27 bits per heavy atom. The molecule has 0 aromatic heterocycles. The minimum atomic E-state index is 0.129. The lowest BCUT2D eigenvalue weighted by Crippen LogP contribution is -2.19. The number of hydrogen-bond donors (Lipinski definition) is 2. The fourth-order valence-electron chi connectivity index (χ4n) is 1.92. The topological polar surface area (TPSA) is 49.3 Å². The van der Waals surface area contributed by atoms with Crippen molar-refractivity contribution < 1.29 is 9.90 Å². The normalized spacial score (nSPS) is 20.4. The fourth-order valence-corrected chi connectivity index (χ4v) is 1.92. The van der Waals surface area contributed by atoms with Gasteiger partial charge in [0.15, 0.2) is 0 Å². The molecule has 1 aromatic carbocycles. The molecule has 2 N–H and O–H groups in total. The molecule has 1 saturated heterocycles. The van der Waals surface area contributed by atoms with Gasteiger partial charge in [-0.2, -0.15) is 0 Å². The van der Waals surface area contributed by atoms with Crippen LogP contribution in [0.25, 0.3) is 0 Å². The molecule has 1 atom stereocenters. The molecule has 1 aliphatic heterocycles. The van der Waals surface area contributed by atoms with Crippen LogP contribution in [0.2, 0.25) is 0 Å². The van der Waals surface area contributed by atoms with E-state index >= 15 is 0 Å². The summed E-state index contributed by atoms with van der Waals surface area (Å²) in [5.74, 6) is 0.572. The second kappa shape index (κ2) is 4.45. The van der Waals surface area contributed by atoms with Gasteiger partial charge in [-0.1, -0.05) is 18.2 Å². The third-order valence-electron chi connectivity index (χ3n) is 2.87. The zero-order valence-corrected chi connectivity index (χ0v) is 8.57. The van der Waals surface area contributed by atoms with E-state index in [9.17, 15) is 9.90 Å². The third kappa shape index (κ3) is 2.36. The van der Waals surface area contributed by atoms with Crippen LogP contribution in [-0.2, 0) is 11.2 Å². The molecule has 0 bridgehead atoms. The number of phenolic OH excluding ortho intramolecular Hbond substituents is 1. The molecule has 15 heavy (non-hydrogen) atoms. The molecule has 1 fully saturated rings. The van der Waals surface area contributed by atoms with Crippen molar-refractivity contribution in [3.05, 3.63) is 29.8 Å². The Balaban J connectivity index is 2.02.